The second kappa shape index (κ2) is 15.0. The number of hydrogen-bond donors (Lipinski definition) is 2. The number of hydrogen-bond acceptors (Lipinski definition) is 7. The summed E-state index contributed by atoms with van der Waals surface area (Å²) < 4.78 is 11.2. The van der Waals surface area contributed by atoms with Gasteiger partial charge in [-0.2, -0.15) is 0 Å². The maximum absolute atomic E-state index is 13.7. The van der Waals surface area contributed by atoms with E-state index in [-0.39, 0.29) is 30.1 Å². The molecular formula is C31H41N5O5S. The van der Waals surface area contributed by atoms with E-state index < -0.39 is 6.04 Å². The maximum atomic E-state index is 13.7. The first-order valence-corrected chi connectivity index (χ1v) is 15.1. The molecular weight excluding hydrogens is 554 g/mol. The molecule has 0 aromatic heterocycles. The molecule has 3 N–H and O–H groups in total. The molecule has 2 aliphatic rings. The lowest BCUT2D eigenvalue weighted by Gasteiger charge is -2.31. The summed E-state index contributed by atoms with van der Waals surface area (Å²) in [6, 6.07) is 13.7. The number of carbonyl (C=O) groups is 3. The van der Waals surface area contributed by atoms with E-state index in [0.717, 1.165) is 51.1 Å². The number of primary amides is 1. The van der Waals surface area contributed by atoms with Crippen molar-refractivity contribution in [3.63, 3.8) is 0 Å². The highest BCUT2D eigenvalue weighted by Gasteiger charge is 2.44. The Morgan fingerprint density at radius 3 is 2.24 bits per heavy atom. The van der Waals surface area contributed by atoms with E-state index in [1.165, 1.54) is 4.90 Å². The average molecular weight is 596 g/mol. The lowest BCUT2D eigenvalue weighted by Crippen LogP contribution is -2.41. The second-order valence-corrected chi connectivity index (χ2v) is 11.0. The highest BCUT2D eigenvalue weighted by atomic mass is 32.1. The van der Waals surface area contributed by atoms with Gasteiger partial charge in [0.05, 0.1) is 25.3 Å². The van der Waals surface area contributed by atoms with Gasteiger partial charge in [-0.05, 0) is 113 Å². The van der Waals surface area contributed by atoms with Gasteiger partial charge in [-0.1, -0.05) is 6.92 Å². The topological polar surface area (TPSA) is 117 Å². The van der Waals surface area contributed by atoms with Crippen molar-refractivity contribution in [2.24, 2.45) is 11.7 Å². The van der Waals surface area contributed by atoms with E-state index in [4.69, 9.17) is 27.4 Å². The Labute approximate surface area is 253 Å². The fourth-order valence-corrected chi connectivity index (χ4v) is 5.74. The Bertz CT molecular complexity index is 1230. The molecule has 42 heavy (non-hydrogen) atoms. The van der Waals surface area contributed by atoms with Gasteiger partial charge in [0.1, 0.15) is 17.5 Å². The van der Waals surface area contributed by atoms with Crippen molar-refractivity contribution in [3.8, 4) is 11.5 Å². The van der Waals surface area contributed by atoms with Gasteiger partial charge in [0, 0.05) is 18.2 Å². The van der Waals surface area contributed by atoms with Crippen LogP contribution in [0.2, 0.25) is 0 Å². The zero-order valence-electron chi connectivity index (χ0n) is 24.4. The first-order chi connectivity index (χ1) is 20.3. The van der Waals surface area contributed by atoms with E-state index in [1.807, 2.05) is 43.0 Å². The number of carbonyl (C=O) groups excluding carboxylic acids is 3. The van der Waals surface area contributed by atoms with Crippen molar-refractivity contribution in [1.29, 1.82) is 0 Å². The number of rotatable bonds is 14. The molecule has 0 saturated carbocycles. The number of benzene rings is 2. The molecule has 226 valence electrons. The quantitative estimate of drug-likeness (QED) is 0.317. The highest BCUT2D eigenvalue weighted by molar-refractivity contribution is 7.80. The van der Waals surface area contributed by atoms with Gasteiger partial charge in [0.2, 0.25) is 11.8 Å². The summed E-state index contributed by atoms with van der Waals surface area (Å²) in [5.74, 6) is 0.651. The number of thiocarbonyl (C=S) groups is 1. The largest absolute Gasteiger partial charge is 0.494 e. The van der Waals surface area contributed by atoms with Crippen LogP contribution in [-0.4, -0.2) is 78.1 Å². The van der Waals surface area contributed by atoms with Crippen molar-refractivity contribution in [2.45, 2.75) is 52.0 Å². The van der Waals surface area contributed by atoms with Crippen LogP contribution in [0.3, 0.4) is 0 Å². The number of anilines is 2. The van der Waals surface area contributed by atoms with Gasteiger partial charge >= 0.3 is 0 Å². The molecule has 0 spiro atoms. The summed E-state index contributed by atoms with van der Waals surface area (Å²) in [6.45, 7) is 8.06. The number of piperidine rings is 1. The molecule has 10 nitrogen and oxygen atoms in total. The fraction of sp³-hybridized carbons (Fsp3) is 0.484. The van der Waals surface area contributed by atoms with Crippen molar-refractivity contribution >= 4 is 46.4 Å². The Hall–Kier alpha value is -3.70. The van der Waals surface area contributed by atoms with Gasteiger partial charge in [-0.3, -0.25) is 19.3 Å². The Morgan fingerprint density at radius 2 is 1.62 bits per heavy atom. The van der Waals surface area contributed by atoms with Crippen LogP contribution >= 0.6 is 12.2 Å². The summed E-state index contributed by atoms with van der Waals surface area (Å²) in [4.78, 5) is 44.1. The van der Waals surface area contributed by atoms with E-state index in [2.05, 4.69) is 10.2 Å². The van der Waals surface area contributed by atoms with Crippen LogP contribution in [-0.2, 0) is 14.4 Å². The fourth-order valence-electron chi connectivity index (χ4n) is 5.33. The number of likely N-dealkylation sites (tertiary alicyclic amines) is 1. The third-order valence-corrected chi connectivity index (χ3v) is 7.99. The summed E-state index contributed by atoms with van der Waals surface area (Å²) >= 11 is 5.82. The second-order valence-electron chi connectivity index (χ2n) is 10.6. The summed E-state index contributed by atoms with van der Waals surface area (Å²) in [5.41, 5.74) is 6.74. The van der Waals surface area contributed by atoms with Crippen LogP contribution in [0.15, 0.2) is 48.5 Å². The van der Waals surface area contributed by atoms with Crippen LogP contribution in [0.5, 0.6) is 11.5 Å². The minimum Gasteiger partial charge on any atom is -0.494 e. The Kier molecular flexibility index (Phi) is 11.1. The molecule has 0 bridgehead atoms. The van der Waals surface area contributed by atoms with E-state index >= 15 is 0 Å². The maximum Gasteiger partial charge on any atom is 0.256 e. The van der Waals surface area contributed by atoms with Crippen molar-refractivity contribution in [3.05, 3.63) is 48.5 Å². The minimum atomic E-state index is -0.725. The number of ether oxygens (including phenoxy) is 2. The first kappa shape index (κ1) is 31.2. The third-order valence-electron chi connectivity index (χ3n) is 7.58. The molecule has 2 fully saturated rings. The van der Waals surface area contributed by atoms with Gasteiger partial charge in [-0.25, -0.2) is 0 Å². The average Bonchev–Trinajstić information content (AvgIpc) is 3.21. The number of amides is 3. The molecule has 3 amide bonds. The standard InChI is InChI=1S/C31H41N5O5S/c1-3-20-41-26-10-6-23(7-11-26)33-28(37)21-27-30(39)36(24-8-12-25(13-9-24)40-4-2)31(42)35(27)17-5-16-34-18-14-22(15-19-34)29(32)38/h6-13,22,27H,3-5,14-21H2,1-2H3,(H2,32,38)(H,33,37). The van der Waals surface area contributed by atoms with Crippen LogP contribution in [0.4, 0.5) is 11.4 Å². The normalized spacial score (nSPS) is 17.9. The van der Waals surface area contributed by atoms with E-state index in [1.54, 1.807) is 24.3 Å². The predicted octanol–water partition coefficient (Wildman–Crippen LogP) is 3.79. The zero-order valence-corrected chi connectivity index (χ0v) is 25.2. The molecule has 2 aromatic carbocycles. The minimum absolute atomic E-state index is 0.0371. The Morgan fingerprint density at radius 1 is 0.976 bits per heavy atom. The molecule has 11 heteroatoms. The van der Waals surface area contributed by atoms with Gasteiger partial charge in [0.15, 0.2) is 5.11 Å². The number of nitrogens with one attached hydrogen (secondary N) is 1. The lowest BCUT2D eigenvalue weighted by molar-refractivity contribution is -0.124. The van der Waals surface area contributed by atoms with Gasteiger partial charge < -0.3 is 30.3 Å². The molecule has 1 atom stereocenters. The summed E-state index contributed by atoms with van der Waals surface area (Å²) in [5, 5.41) is 3.29. The zero-order chi connectivity index (χ0) is 30.1. The smallest absolute Gasteiger partial charge is 0.256 e. The van der Waals surface area contributed by atoms with Gasteiger partial charge in [0.25, 0.3) is 5.91 Å². The highest BCUT2D eigenvalue weighted by Crippen LogP contribution is 2.29. The van der Waals surface area contributed by atoms with E-state index in [9.17, 15) is 14.4 Å². The molecule has 2 aliphatic heterocycles. The predicted molar refractivity (Wildman–Crippen MR) is 167 cm³/mol. The molecule has 0 radical (unpaired) electrons. The van der Waals surface area contributed by atoms with Crippen molar-refractivity contribution in [2.75, 3.05) is 49.6 Å². The number of nitrogens with zero attached hydrogens (tertiary/aromatic N) is 3. The summed E-state index contributed by atoms with van der Waals surface area (Å²) in [6.07, 6.45) is 3.15. The molecule has 0 aliphatic carbocycles. The molecule has 2 aromatic rings. The van der Waals surface area contributed by atoms with Crippen LogP contribution < -0.4 is 25.4 Å². The molecule has 2 heterocycles. The SMILES string of the molecule is CCCOc1ccc(NC(=O)CC2C(=O)N(c3ccc(OCC)cc3)C(=S)N2CCCN2CCC(C(N)=O)CC2)cc1. The van der Waals surface area contributed by atoms with E-state index in [0.29, 0.717) is 42.0 Å². The Balaban J connectivity index is 1.43. The van der Waals surface area contributed by atoms with Crippen molar-refractivity contribution in [1.82, 2.24) is 9.80 Å². The number of nitrogens with two attached hydrogens (primary N) is 1. The molecule has 4 rings (SSSR count). The molecule has 1 unspecified atom stereocenters. The van der Waals surface area contributed by atoms with Crippen LogP contribution in [0.1, 0.15) is 46.0 Å². The molecule has 2 saturated heterocycles. The summed E-state index contributed by atoms with van der Waals surface area (Å²) in [7, 11) is 0. The van der Waals surface area contributed by atoms with Gasteiger partial charge in [-0.15, -0.1) is 0 Å². The third kappa shape index (κ3) is 7.98. The van der Waals surface area contributed by atoms with Crippen molar-refractivity contribution < 1.29 is 23.9 Å². The van der Waals surface area contributed by atoms with Crippen LogP contribution in [0.25, 0.3) is 0 Å². The monoisotopic (exact) mass is 595 g/mol. The lowest BCUT2D eigenvalue weighted by atomic mass is 9.96. The first-order valence-electron chi connectivity index (χ1n) is 14.7. The van der Waals surface area contributed by atoms with Crippen LogP contribution in [0, 0.1) is 5.92 Å².